The Morgan fingerprint density at radius 1 is 1.55 bits per heavy atom. The maximum absolute atomic E-state index is 10.6. The Morgan fingerprint density at radius 3 is 2.27 bits per heavy atom. The molecular weight excluding hydrogens is 144 g/mol. The second kappa shape index (κ2) is 2.30. The molecule has 0 saturated carbocycles. The molecule has 1 heterocycles. The van der Waals surface area contributed by atoms with Gasteiger partial charge in [0.05, 0.1) is 0 Å². The van der Waals surface area contributed by atoms with Crippen LogP contribution in [0.15, 0.2) is 0 Å². The number of aromatic amines is 1. The number of amides is 1. The topological polar surface area (TPSA) is 79.1 Å². The molecule has 1 aromatic rings. The Labute approximate surface area is 64.0 Å². The highest BCUT2D eigenvalue weighted by atomic mass is 16.3. The van der Waals surface area contributed by atoms with E-state index in [2.05, 4.69) is 4.98 Å². The summed E-state index contributed by atoms with van der Waals surface area (Å²) in [6.45, 7) is 3.48. The summed E-state index contributed by atoms with van der Waals surface area (Å²) in [6, 6.07) is 0. The molecular formula is C7H10N2O2. The average Bonchev–Trinajstić information content (AvgIpc) is 2.17. The summed E-state index contributed by atoms with van der Waals surface area (Å²) in [6.07, 6.45) is 0. The molecule has 0 saturated heterocycles. The first-order valence-corrected chi connectivity index (χ1v) is 3.22. The zero-order chi connectivity index (χ0) is 8.59. The number of hydrogen-bond donors (Lipinski definition) is 3. The van der Waals surface area contributed by atoms with Crippen LogP contribution in [0.5, 0.6) is 5.75 Å². The van der Waals surface area contributed by atoms with Gasteiger partial charge in [0.2, 0.25) is 0 Å². The predicted molar refractivity (Wildman–Crippen MR) is 40.4 cm³/mol. The first-order valence-electron chi connectivity index (χ1n) is 3.22. The first-order chi connectivity index (χ1) is 5.04. The predicted octanol–water partition coefficient (Wildman–Crippen LogP) is 0.436. The van der Waals surface area contributed by atoms with Gasteiger partial charge in [0.1, 0.15) is 11.4 Å². The van der Waals surface area contributed by atoms with Crippen LogP contribution in [0.4, 0.5) is 0 Å². The van der Waals surface area contributed by atoms with E-state index in [1.165, 1.54) is 0 Å². The number of primary amides is 1. The van der Waals surface area contributed by atoms with Crippen molar-refractivity contribution >= 4 is 5.91 Å². The fourth-order valence-electron chi connectivity index (χ4n) is 0.884. The van der Waals surface area contributed by atoms with Gasteiger partial charge in [0.15, 0.2) is 0 Å². The number of aromatic nitrogens is 1. The van der Waals surface area contributed by atoms with Gasteiger partial charge in [-0.25, -0.2) is 0 Å². The number of hydrogen-bond acceptors (Lipinski definition) is 2. The molecule has 1 amide bonds. The summed E-state index contributed by atoms with van der Waals surface area (Å²) in [7, 11) is 0. The Balaban J connectivity index is 3.29. The van der Waals surface area contributed by atoms with Crippen LogP contribution in [0.3, 0.4) is 0 Å². The normalized spacial score (nSPS) is 10.0. The van der Waals surface area contributed by atoms with E-state index in [9.17, 15) is 9.90 Å². The second-order valence-electron chi connectivity index (χ2n) is 2.46. The minimum atomic E-state index is -0.640. The number of H-pyrrole nitrogens is 1. The Hall–Kier alpha value is -1.45. The van der Waals surface area contributed by atoms with E-state index in [1.807, 2.05) is 0 Å². The van der Waals surface area contributed by atoms with E-state index in [4.69, 9.17) is 5.73 Å². The standard InChI is InChI=1S/C7H10N2O2/c1-3-4(2)9-5(6(3)10)7(8)11/h9-10H,1-2H3,(H2,8,11). The molecule has 11 heavy (non-hydrogen) atoms. The van der Waals surface area contributed by atoms with Crippen LogP contribution in [0.25, 0.3) is 0 Å². The van der Waals surface area contributed by atoms with Crippen LogP contribution >= 0.6 is 0 Å². The van der Waals surface area contributed by atoms with Crippen molar-refractivity contribution < 1.29 is 9.90 Å². The highest BCUT2D eigenvalue weighted by molar-refractivity contribution is 5.94. The summed E-state index contributed by atoms with van der Waals surface area (Å²) in [5, 5.41) is 9.26. The van der Waals surface area contributed by atoms with Gasteiger partial charge >= 0.3 is 0 Å². The van der Waals surface area contributed by atoms with Crippen LogP contribution in [-0.4, -0.2) is 16.0 Å². The van der Waals surface area contributed by atoms with Gasteiger partial charge in [-0.05, 0) is 13.8 Å². The van der Waals surface area contributed by atoms with E-state index in [-0.39, 0.29) is 11.4 Å². The molecule has 0 unspecified atom stereocenters. The smallest absolute Gasteiger partial charge is 0.268 e. The Bertz CT molecular complexity index is 302. The SMILES string of the molecule is Cc1[nH]c(C(N)=O)c(O)c1C. The van der Waals surface area contributed by atoms with Crippen molar-refractivity contribution in [2.75, 3.05) is 0 Å². The van der Waals surface area contributed by atoms with Crippen LogP contribution in [0, 0.1) is 13.8 Å². The molecule has 0 atom stereocenters. The Kier molecular flexibility index (Phi) is 1.60. The fraction of sp³-hybridized carbons (Fsp3) is 0.286. The summed E-state index contributed by atoms with van der Waals surface area (Å²) in [4.78, 5) is 13.3. The number of nitrogens with two attached hydrogens (primary N) is 1. The number of carbonyl (C=O) groups is 1. The third kappa shape index (κ3) is 1.07. The highest BCUT2D eigenvalue weighted by Gasteiger charge is 2.13. The molecule has 0 fully saturated rings. The molecule has 0 bridgehead atoms. The number of aryl methyl sites for hydroxylation is 1. The number of rotatable bonds is 1. The van der Waals surface area contributed by atoms with Crippen molar-refractivity contribution in [2.45, 2.75) is 13.8 Å². The molecule has 0 aliphatic heterocycles. The van der Waals surface area contributed by atoms with E-state index in [1.54, 1.807) is 13.8 Å². The van der Waals surface area contributed by atoms with Crippen molar-refractivity contribution in [1.29, 1.82) is 0 Å². The van der Waals surface area contributed by atoms with Crippen molar-refractivity contribution in [3.05, 3.63) is 17.0 Å². The average molecular weight is 154 g/mol. The van der Waals surface area contributed by atoms with Gasteiger partial charge in [-0.3, -0.25) is 4.79 Å². The minimum absolute atomic E-state index is 0.0463. The zero-order valence-corrected chi connectivity index (χ0v) is 6.43. The molecule has 1 rings (SSSR count). The van der Waals surface area contributed by atoms with E-state index in [0.29, 0.717) is 5.56 Å². The quantitative estimate of drug-likeness (QED) is 0.548. The van der Waals surface area contributed by atoms with Crippen LogP contribution in [0.2, 0.25) is 0 Å². The van der Waals surface area contributed by atoms with Crippen molar-refractivity contribution in [3.63, 3.8) is 0 Å². The van der Waals surface area contributed by atoms with Gasteiger partial charge in [-0.2, -0.15) is 0 Å². The highest BCUT2D eigenvalue weighted by Crippen LogP contribution is 2.23. The number of nitrogens with one attached hydrogen (secondary N) is 1. The van der Waals surface area contributed by atoms with E-state index < -0.39 is 5.91 Å². The Morgan fingerprint density at radius 2 is 2.09 bits per heavy atom. The molecule has 1 aromatic heterocycles. The lowest BCUT2D eigenvalue weighted by atomic mass is 10.2. The van der Waals surface area contributed by atoms with Crippen molar-refractivity contribution in [2.24, 2.45) is 5.73 Å². The lowest BCUT2D eigenvalue weighted by Gasteiger charge is -1.90. The summed E-state index contributed by atoms with van der Waals surface area (Å²) < 4.78 is 0. The molecule has 0 radical (unpaired) electrons. The van der Waals surface area contributed by atoms with Gasteiger partial charge in [-0.15, -0.1) is 0 Å². The zero-order valence-electron chi connectivity index (χ0n) is 6.43. The number of aromatic hydroxyl groups is 1. The summed E-state index contributed by atoms with van der Waals surface area (Å²) >= 11 is 0. The maximum atomic E-state index is 10.6. The molecule has 0 aliphatic carbocycles. The summed E-state index contributed by atoms with van der Waals surface area (Å²) in [5.74, 6) is -0.686. The third-order valence-electron chi connectivity index (χ3n) is 1.71. The lowest BCUT2D eigenvalue weighted by Crippen LogP contribution is -2.11. The summed E-state index contributed by atoms with van der Waals surface area (Å²) in [5.41, 5.74) is 6.48. The van der Waals surface area contributed by atoms with Gasteiger partial charge in [0, 0.05) is 11.3 Å². The van der Waals surface area contributed by atoms with Gasteiger partial charge < -0.3 is 15.8 Å². The molecule has 4 heteroatoms. The molecule has 4 N–H and O–H groups in total. The van der Waals surface area contributed by atoms with E-state index >= 15 is 0 Å². The largest absolute Gasteiger partial charge is 0.505 e. The van der Waals surface area contributed by atoms with E-state index in [0.717, 1.165) is 5.69 Å². The molecule has 0 aromatic carbocycles. The molecule has 0 spiro atoms. The maximum Gasteiger partial charge on any atom is 0.268 e. The van der Waals surface area contributed by atoms with Crippen LogP contribution in [0.1, 0.15) is 21.7 Å². The van der Waals surface area contributed by atoms with Gasteiger partial charge in [-0.1, -0.05) is 0 Å². The monoisotopic (exact) mass is 154 g/mol. The first kappa shape index (κ1) is 7.65. The lowest BCUT2D eigenvalue weighted by molar-refractivity contribution is 0.0993. The van der Waals surface area contributed by atoms with Crippen molar-refractivity contribution in [1.82, 2.24) is 4.98 Å². The fourth-order valence-corrected chi connectivity index (χ4v) is 0.884. The van der Waals surface area contributed by atoms with Crippen LogP contribution in [-0.2, 0) is 0 Å². The molecule has 4 nitrogen and oxygen atoms in total. The number of carbonyl (C=O) groups excluding carboxylic acids is 1. The second-order valence-corrected chi connectivity index (χ2v) is 2.46. The van der Waals surface area contributed by atoms with Crippen LogP contribution < -0.4 is 5.73 Å². The minimum Gasteiger partial charge on any atom is -0.505 e. The molecule has 60 valence electrons. The van der Waals surface area contributed by atoms with Gasteiger partial charge in [0.25, 0.3) is 5.91 Å². The third-order valence-corrected chi connectivity index (χ3v) is 1.71. The molecule has 0 aliphatic rings. The van der Waals surface area contributed by atoms with Crippen molar-refractivity contribution in [3.8, 4) is 5.75 Å².